The Balaban J connectivity index is 1.57. The van der Waals surface area contributed by atoms with E-state index in [4.69, 9.17) is 11.6 Å². The number of carbonyl (C=O) groups is 1. The SMILES string of the molecule is CC[C@@H]1C(=O)Nc2cc(NCc3cc4cc(Cl)ccc4[nH]c3=O)ccc21. The third-order valence-corrected chi connectivity index (χ3v) is 5.01. The predicted octanol–water partition coefficient (Wildman–Crippen LogP) is 4.24. The Hall–Kier alpha value is -2.79. The van der Waals surface area contributed by atoms with Crippen LogP contribution in [-0.4, -0.2) is 10.9 Å². The van der Waals surface area contributed by atoms with E-state index in [0.29, 0.717) is 17.1 Å². The monoisotopic (exact) mass is 367 g/mol. The lowest BCUT2D eigenvalue weighted by Crippen LogP contribution is -2.15. The number of H-pyrrole nitrogens is 1. The molecule has 2 heterocycles. The highest BCUT2D eigenvalue weighted by molar-refractivity contribution is 6.31. The van der Waals surface area contributed by atoms with Crippen LogP contribution in [0.15, 0.2) is 47.3 Å². The molecule has 0 bridgehead atoms. The average Bonchev–Trinajstić information content (AvgIpc) is 2.94. The van der Waals surface area contributed by atoms with Crippen LogP contribution >= 0.6 is 11.6 Å². The average molecular weight is 368 g/mol. The standard InChI is InChI=1S/C20H18ClN3O2/c1-2-15-16-5-4-14(9-18(16)24-20(15)26)22-10-12-7-11-8-13(21)3-6-17(11)23-19(12)25/h3-9,15,22H,2,10H2,1H3,(H,23,25)(H,24,26)/t15-/m0/s1. The molecule has 26 heavy (non-hydrogen) atoms. The van der Waals surface area contributed by atoms with Gasteiger partial charge >= 0.3 is 0 Å². The van der Waals surface area contributed by atoms with Crippen LogP contribution in [0.25, 0.3) is 10.9 Å². The highest BCUT2D eigenvalue weighted by Crippen LogP contribution is 2.36. The Morgan fingerprint density at radius 3 is 2.77 bits per heavy atom. The molecule has 0 fully saturated rings. The number of hydrogen-bond acceptors (Lipinski definition) is 3. The van der Waals surface area contributed by atoms with Crippen LogP contribution in [-0.2, 0) is 11.3 Å². The molecule has 132 valence electrons. The Bertz CT molecular complexity index is 1070. The van der Waals surface area contributed by atoms with Crippen molar-refractivity contribution >= 4 is 39.8 Å². The van der Waals surface area contributed by atoms with Crippen molar-refractivity contribution in [2.45, 2.75) is 25.8 Å². The summed E-state index contributed by atoms with van der Waals surface area (Å²) >= 11 is 6.03. The number of rotatable bonds is 4. The molecule has 2 aromatic carbocycles. The van der Waals surface area contributed by atoms with Crippen molar-refractivity contribution in [1.29, 1.82) is 0 Å². The van der Waals surface area contributed by atoms with Crippen molar-refractivity contribution in [2.24, 2.45) is 0 Å². The van der Waals surface area contributed by atoms with Crippen molar-refractivity contribution < 1.29 is 4.79 Å². The molecule has 0 saturated heterocycles. The second-order valence-corrected chi connectivity index (χ2v) is 6.90. The Morgan fingerprint density at radius 1 is 1.12 bits per heavy atom. The zero-order valence-electron chi connectivity index (χ0n) is 14.2. The Kier molecular flexibility index (Phi) is 4.17. The summed E-state index contributed by atoms with van der Waals surface area (Å²) in [4.78, 5) is 27.1. The number of nitrogens with one attached hydrogen (secondary N) is 3. The highest BCUT2D eigenvalue weighted by Gasteiger charge is 2.28. The number of carbonyl (C=O) groups excluding carboxylic acids is 1. The van der Waals surface area contributed by atoms with E-state index < -0.39 is 0 Å². The lowest BCUT2D eigenvalue weighted by molar-refractivity contribution is -0.117. The van der Waals surface area contributed by atoms with Gasteiger partial charge in [-0.25, -0.2) is 0 Å². The maximum absolute atomic E-state index is 12.3. The quantitative estimate of drug-likeness (QED) is 0.645. The van der Waals surface area contributed by atoms with E-state index in [-0.39, 0.29) is 17.4 Å². The maximum atomic E-state index is 12.3. The summed E-state index contributed by atoms with van der Waals surface area (Å²) in [6.07, 6.45) is 0.778. The molecule has 5 nitrogen and oxygen atoms in total. The Labute approximate surface area is 155 Å². The zero-order valence-corrected chi connectivity index (χ0v) is 15.0. The van der Waals surface area contributed by atoms with Crippen LogP contribution in [0.2, 0.25) is 5.02 Å². The normalized spacial score (nSPS) is 15.8. The molecule has 0 spiro atoms. The van der Waals surface area contributed by atoms with Crippen molar-refractivity contribution in [3.8, 4) is 0 Å². The first-order valence-electron chi connectivity index (χ1n) is 8.55. The molecule has 1 aromatic heterocycles. The van der Waals surface area contributed by atoms with Crippen molar-refractivity contribution in [1.82, 2.24) is 4.98 Å². The molecule has 1 aliphatic rings. The Morgan fingerprint density at radius 2 is 1.96 bits per heavy atom. The van der Waals surface area contributed by atoms with Gasteiger partial charge in [-0.2, -0.15) is 0 Å². The fraction of sp³-hybridized carbons (Fsp3) is 0.200. The first-order chi connectivity index (χ1) is 12.5. The van der Waals surface area contributed by atoms with E-state index >= 15 is 0 Å². The van der Waals surface area contributed by atoms with Gasteiger partial charge in [0.2, 0.25) is 5.91 Å². The van der Waals surface area contributed by atoms with Crippen LogP contribution in [0.3, 0.4) is 0 Å². The van der Waals surface area contributed by atoms with Gasteiger partial charge < -0.3 is 15.6 Å². The van der Waals surface area contributed by atoms with Crippen LogP contribution < -0.4 is 16.2 Å². The third kappa shape index (κ3) is 2.95. The maximum Gasteiger partial charge on any atom is 0.253 e. The molecule has 0 radical (unpaired) electrons. The summed E-state index contributed by atoms with van der Waals surface area (Å²) in [6.45, 7) is 2.38. The molecule has 4 rings (SSSR count). The largest absolute Gasteiger partial charge is 0.381 e. The number of anilines is 2. The molecule has 3 aromatic rings. The molecular formula is C20H18ClN3O2. The van der Waals surface area contributed by atoms with Crippen LogP contribution in [0.1, 0.15) is 30.4 Å². The van der Waals surface area contributed by atoms with Gasteiger partial charge in [-0.15, -0.1) is 0 Å². The van der Waals surface area contributed by atoms with E-state index in [1.165, 1.54) is 0 Å². The smallest absolute Gasteiger partial charge is 0.253 e. The molecule has 3 N–H and O–H groups in total. The first kappa shape index (κ1) is 16.7. The van der Waals surface area contributed by atoms with E-state index in [0.717, 1.165) is 34.3 Å². The molecule has 1 aliphatic heterocycles. The molecule has 0 unspecified atom stereocenters. The van der Waals surface area contributed by atoms with Gasteiger partial charge in [-0.3, -0.25) is 9.59 Å². The number of pyridine rings is 1. The van der Waals surface area contributed by atoms with Gasteiger partial charge in [0.1, 0.15) is 0 Å². The van der Waals surface area contributed by atoms with Crippen molar-refractivity contribution in [3.05, 3.63) is 69.0 Å². The van der Waals surface area contributed by atoms with Gasteiger partial charge in [-0.05, 0) is 48.4 Å². The number of amides is 1. The number of fused-ring (bicyclic) bond motifs is 2. The zero-order chi connectivity index (χ0) is 18.3. The van der Waals surface area contributed by atoms with E-state index in [1.807, 2.05) is 37.3 Å². The second-order valence-electron chi connectivity index (χ2n) is 6.46. The lowest BCUT2D eigenvalue weighted by atomic mass is 9.98. The topological polar surface area (TPSA) is 74.0 Å². The van der Waals surface area contributed by atoms with Gasteiger partial charge in [0.15, 0.2) is 0 Å². The molecule has 0 aliphatic carbocycles. The molecule has 1 amide bonds. The number of halogens is 1. The lowest BCUT2D eigenvalue weighted by Gasteiger charge is -2.10. The van der Waals surface area contributed by atoms with Gasteiger partial charge in [0.05, 0.1) is 5.92 Å². The molecule has 6 heteroatoms. The third-order valence-electron chi connectivity index (χ3n) is 4.78. The van der Waals surface area contributed by atoms with Crippen LogP contribution in [0, 0.1) is 0 Å². The number of benzene rings is 2. The van der Waals surface area contributed by atoms with E-state index in [2.05, 4.69) is 15.6 Å². The van der Waals surface area contributed by atoms with E-state index in [9.17, 15) is 9.59 Å². The van der Waals surface area contributed by atoms with Gasteiger partial charge in [-0.1, -0.05) is 24.6 Å². The number of aromatic amines is 1. The van der Waals surface area contributed by atoms with Crippen LogP contribution in [0.4, 0.5) is 11.4 Å². The first-order valence-corrected chi connectivity index (χ1v) is 8.93. The minimum absolute atomic E-state index is 0.0440. The fourth-order valence-electron chi connectivity index (χ4n) is 3.40. The number of hydrogen-bond donors (Lipinski definition) is 3. The fourth-order valence-corrected chi connectivity index (χ4v) is 3.58. The minimum Gasteiger partial charge on any atom is -0.381 e. The predicted molar refractivity (Wildman–Crippen MR) is 105 cm³/mol. The molecular weight excluding hydrogens is 350 g/mol. The van der Waals surface area contributed by atoms with E-state index in [1.54, 1.807) is 12.1 Å². The summed E-state index contributed by atoms with van der Waals surface area (Å²) in [6, 6.07) is 13.0. The summed E-state index contributed by atoms with van der Waals surface area (Å²) in [5.74, 6) is -0.0327. The summed E-state index contributed by atoms with van der Waals surface area (Å²) < 4.78 is 0. The summed E-state index contributed by atoms with van der Waals surface area (Å²) in [5, 5.41) is 7.69. The van der Waals surface area contributed by atoms with Gasteiger partial charge in [0, 0.05) is 39.4 Å². The van der Waals surface area contributed by atoms with Crippen LogP contribution in [0.5, 0.6) is 0 Å². The number of aromatic nitrogens is 1. The van der Waals surface area contributed by atoms with Gasteiger partial charge in [0.25, 0.3) is 5.56 Å². The van der Waals surface area contributed by atoms with Crippen molar-refractivity contribution in [3.63, 3.8) is 0 Å². The minimum atomic E-state index is -0.132. The van der Waals surface area contributed by atoms with Crippen molar-refractivity contribution in [2.75, 3.05) is 10.6 Å². The molecule has 0 saturated carbocycles. The summed E-state index contributed by atoms with van der Waals surface area (Å²) in [7, 11) is 0. The molecule has 1 atom stereocenters. The highest BCUT2D eigenvalue weighted by atomic mass is 35.5. The second kappa shape index (κ2) is 6.50. The summed E-state index contributed by atoms with van der Waals surface area (Å²) in [5.41, 5.74) is 3.97.